The predicted molar refractivity (Wildman–Crippen MR) is 56.7 cm³/mol. The third kappa shape index (κ3) is 2.93. The quantitative estimate of drug-likeness (QED) is 0.650. The Balaban J connectivity index is 2.76. The van der Waals surface area contributed by atoms with Crippen LogP contribution < -0.4 is 15.8 Å². The SMILES string of the molecule is COc1ccccc1NC(=O)C(N)CO. The molecule has 0 spiro atoms. The van der Waals surface area contributed by atoms with Crippen LogP contribution in [0.3, 0.4) is 0 Å². The number of rotatable bonds is 4. The van der Waals surface area contributed by atoms with Crippen LogP contribution in [0.25, 0.3) is 0 Å². The van der Waals surface area contributed by atoms with Crippen LogP contribution in [-0.4, -0.2) is 30.8 Å². The fourth-order valence-electron chi connectivity index (χ4n) is 1.06. The Labute approximate surface area is 87.9 Å². The minimum atomic E-state index is -0.921. The van der Waals surface area contributed by atoms with Gasteiger partial charge in [0.1, 0.15) is 11.8 Å². The van der Waals surface area contributed by atoms with Crippen LogP contribution in [0.2, 0.25) is 0 Å². The van der Waals surface area contributed by atoms with E-state index in [2.05, 4.69) is 5.32 Å². The second kappa shape index (κ2) is 5.33. The number of amides is 1. The smallest absolute Gasteiger partial charge is 0.243 e. The summed E-state index contributed by atoms with van der Waals surface area (Å²) in [6.45, 7) is -0.388. The molecule has 0 aliphatic heterocycles. The monoisotopic (exact) mass is 210 g/mol. The normalized spacial score (nSPS) is 11.9. The lowest BCUT2D eigenvalue weighted by atomic mass is 10.2. The standard InChI is InChI=1S/C10H14N2O3/c1-15-9-5-3-2-4-8(9)12-10(14)7(11)6-13/h2-5,7,13H,6,11H2,1H3,(H,12,14). The number of hydrogen-bond acceptors (Lipinski definition) is 4. The summed E-state index contributed by atoms with van der Waals surface area (Å²) in [6, 6.07) is 6.05. The molecule has 4 N–H and O–H groups in total. The molecule has 0 bridgehead atoms. The van der Waals surface area contributed by atoms with Crippen molar-refractivity contribution in [2.45, 2.75) is 6.04 Å². The van der Waals surface area contributed by atoms with E-state index >= 15 is 0 Å². The maximum atomic E-state index is 11.4. The van der Waals surface area contributed by atoms with E-state index in [1.165, 1.54) is 7.11 Å². The minimum absolute atomic E-state index is 0.388. The van der Waals surface area contributed by atoms with Gasteiger partial charge in [0.05, 0.1) is 19.4 Å². The van der Waals surface area contributed by atoms with Gasteiger partial charge in [0.2, 0.25) is 5.91 Å². The van der Waals surface area contributed by atoms with Gasteiger partial charge in [-0.3, -0.25) is 4.79 Å². The lowest BCUT2D eigenvalue weighted by Crippen LogP contribution is -2.38. The molecular formula is C10H14N2O3. The van der Waals surface area contributed by atoms with Gasteiger partial charge in [0.15, 0.2) is 0 Å². The van der Waals surface area contributed by atoms with Crippen molar-refractivity contribution in [3.05, 3.63) is 24.3 Å². The van der Waals surface area contributed by atoms with Gasteiger partial charge in [-0.25, -0.2) is 0 Å². The number of carbonyl (C=O) groups excluding carboxylic acids is 1. The van der Waals surface area contributed by atoms with Crippen LogP contribution >= 0.6 is 0 Å². The first-order chi connectivity index (χ1) is 7.19. The maximum Gasteiger partial charge on any atom is 0.243 e. The van der Waals surface area contributed by atoms with Gasteiger partial charge in [0.25, 0.3) is 0 Å². The summed E-state index contributed by atoms with van der Waals surface area (Å²) in [4.78, 5) is 11.4. The third-order valence-corrected chi connectivity index (χ3v) is 1.90. The van der Waals surface area contributed by atoms with E-state index in [0.717, 1.165) is 0 Å². The molecule has 0 saturated carbocycles. The number of benzene rings is 1. The molecule has 0 aromatic heterocycles. The Morgan fingerprint density at radius 3 is 2.87 bits per heavy atom. The minimum Gasteiger partial charge on any atom is -0.495 e. The van der Waals surface area contributed by atoms with Crippen LogP contribution in [0.4, 0.5) is 5.69 Å². The number of anilines is 1. The van der Waals surface area contributed by atoms with Crippen LogP contribution in [-0.2, 0) is 4.79 Å². The highest BCUT2D eigenvalue weighted by molar-refractivity contribution is 5.95. The Morgan fingerprint density at radius 1 is 1.60 bits per heavy atom. The molecular weight excluding hydrogens is 196 g/mol. The van der Waals surface area contributed by atoms with Gasteiger partial charge < -0.3 is 20.9 Å². The topological polar surface area (TPSA) is 84.6 Å². The van der Waals surface area contributed by atoms with E-state index in [0.29, 0.717) is 11.4 Å². The number of aliphatic hydroxyl groups is 1. The average Bonchev–Trinajstić information content (AvgIpc) is 2.28. The highest BCUT2D eigenvalue weighted by Gasteiger charge is 2.13. The van der Waals surface area contributed by atoms with Crippen molar-refractivity contribution in [2.24, 2.45) is 5.73 Å². The number of nitrogens with one attached hydrogen (secondary N) is 1. The second-order valence-corrected chi connectivity index (χ2v) is 2.98. The van der Waals surface area contributed by atoms with Gasteiger partial charge in [-0.15, -0.1) is 0 Å². The van der Waals surface area contributed by atoms with Crippen molar-refractivity contribution in [3.8, 4) is 5.75 Å². The van der Waals surface area contributed by atoms with Crippen molar-refractivity contribution in [1.82, 2.24) is 0 Å². The van der Waals surface area contributed by atoms with Crippen molar-refractivity contribution >= 4 is 11.6 Å². The van der Waals surface area contributed by atoms with E-state index in [4.69, 9.17) is 15.6 Å². The number of methoxy groups -OCH3 is 1. The molecule has 1 amide bonds. The summed E-state index contributed by atoms with van der Waals surface area (Å²) in [7, 11) is 1.51. The lowest BCUT2D eigenvalue weighted by Gasteiger charge is -2.12. The van der Waals surface area contributed by atoms with E-state index < -0.39 is 11.9 Å². The molecule has 0 saturated heterocycles. The summed E-state index contributed by atoms with van der Waals surface area (Å²) < 4.78 is 5.04. The van der Waals surface area contributed by atoms with E-state index in [1.807, 2.05) is 0 Å². The number of aliphatic hydroxyl groups excluding tert-OH is 1. The number of ether oxygens (including phenoxy) is 1. The average molecular weight is 210 g/mol. The number of para-hydroxylation sites is 2. The third-order valence-electron chi connectivity index (χ3n) is 1.90. The lowest BCUT2D eigenvalue weighted by molar-refractivity contribution is -0.118. The summed E-state index contributed by atoms with van der Waals surface area (Å²) in [5.74, 6) is 0.109. The van der Waals surface area contributed by atoms with Gasteiger partial charge in [-0.2, -0.15) is 0 Å². The molecule has 0 fully saturated rings. The molecule has 1 rings (SSSR count). The molecule has 0 aliphatic carbocycles. The summed E-state index contributed by atoms with van der Waals surface area (Å²) in [6.07, 6.45) is 0. The summed E-state index contributed by atoms with van der Waals surface area (Å²) in [5.41, 5.74) is 5.89. The maximum absolute atomic E-state index is 11.4. The molecule has 1 atom stereocenters. The zero-order valence-corrected chi connectivity index (χ0v) is 8.43. The molecule has 15 heavy (non-hydrogen) atoms. The molecule has 1 aromatic carbocycles. The zero-order valence-electron chi connectivity index (χ0n) is 8.43. The Hall–Kier alpha value is -1.59. The van der Waals surface area contributed by atoms with E-state index in [1.54, 1.807) is 24.3 Å². The largest absolute Gasteiger partial charge is 0.495 e. The molecule has 0 radical (unpaired) electrons. The molecule has 1 unspecified atom stereocenters. The predicted octanol–water partition coefficient (Wildman–Crippen LogP) is -0.0467. The zero-order chi connectivity index (χ0) is 11.3. The second-order valence-electron chi connectivity index (χ2n) is 2.98. The van der Waals surface area contributed by atoms with Crippen LogP contribution in [0.1, 0.15) is 0 Å². The highest BCUT2D eigenvalue weighted by Crippen LogP contribution is 2.22. The highest BCUT2D eigenvalue weighted by atomic mass is 16.5. The van der Waals surface area contributed by atoms with Crippen molar-refractivity contribution in [1.29, 1.82) is 0 Å². The Morgan fingerprint density at radius 2 is 2.27 bits per heavy atom. The molecule has 0 aliphatic rings. The molecule has 5 heteroatoms. The number of carbonyl (C=O) groups is 1. The molecule has 82 valence electrons. The van der Waals surface area contributed by atoms with Crippen LogP contribution in [0.15, 0.2) is 24.3 Å². The van der Waals surface area contributed by atoms with E-state index in [9.17, 15) is 4.79 Å². The molecule has 5 nitrogen and oxygen atoms in total. The first kappa shape index (κ1) is 11.5. The summed E-state index contributed by atoms with van der Waals surface area (Å²) in [5, 5.41) is 11.3. The van der Waals surface area contributed by atoms with E-state index in [-0.39, 0.29) is 6.61 Å². The fraction of sp³-hybridized carbons (Fsp3) is 0.300. The van der Waals surface area contributed by atoms with Gasteiger partial charge >= 0.3 is 0 Å². The fourth-order valence-corrected chi connectivity index (χ4v) is 1.06. The first-order valence-corrected chi connectivity index (χ1v) is 4.49. The van der Waals surface area contributed by atoms with Crippen LogP contribution in [0, 0.1) is 0 Å². The van der Waals surface area contributed by atoms with Crippen molar-refractivity contribution in [3.63, 3.8) is 0 Å². The molecule has 0 heterocycles. The number of hydrogen-bond donors (Lipinski definition) is 3. The van der Waals surface area contributed by atoms with Gasteiger partial charge in [-0.05, 0) is 12.1 Å². The summed E-state index contributed by atoms with van der Waals surface area (Å²) >= 11 is 0. The van der Waals surface area contributed by atoms with Crippen molar-refractivity contribution in [2.75, 3.05) is 19.0 Å². The number of nitrogens with two attached hydrogens (primary N) is 1. The Kier molecular flexibility index (Phi) is 4.08. The van der Waals surface area contributed by atoms with Crippen LogP contribution in [0.5, 0.6) is 5.75 Å². The van der Waals surface area contributed by atoms with Gasteiger partial charge in [-0.1, -0.05) is 12.1 Å². The van der Waals surface area contributed by atoms with Crippen molar-refractivity contribution < 1.29 is 14.6 Å². The van der Waals surface area contributed by atoms with Gasteiger partial charge in [0, 0.05) is 0 Å². The first-order valence-electron chi connectivity index (χ1n) is 4.49. The Bertz CT molecular complexity index is 341. The molecule has 1 aromatic rings.